The minimum absolute atomic E-state index is 0.0175. The molecule has 2 aliphatic heterocycles. The fourth-order valence-electron chi connectivity index (χ4n) is 5.37. The Morgan fingerprint density at radius 2 is 1.68 bits per heavy atom. The smallest absolute Gasteiger partial charge is 0.255 e. The summed E-state index contributed by atoms with van der Waals surface area (Å²) >= 11 is 0. The second-order valence-corrected chi connectivity index (χ2v) is 11.7. The quantitative estimate of drug-likeness (QED) is 0.494. The summed E-state index contributed by atoms with van der Waals surface area (Å²) in [6, 6.07) is 15.1. The fourth-order valence-corrected chi connectivity index (χ4v) is 5.37. The Bertz CT molecular complexity index is 1260. The molecule has 11 nitrogen and oxygen atoms in total. The van der Waals surface area contributed by atoms with Gasteiger partial charge in [-0.2, -0.15) is 0 Å². The molecule has 2 heterocycles. The van der Waals surface area contributed by atoms with Gasteiger partial charge in [0.1, 0.15) is 18.4 Å². The molecule has 4 amide bonds. The molecule has 2 aromatic carbocycles. The van der Waals surface area contributed by atoms with E-state index in [4.69, 9.17) is 9.47 Å². The molecule has 4 rings (SSSR count). The second-order valence-electron chi connectivity index (χ2n) is 11.7. The molecule has 238 valence electrons. The third-order valence-electron chi connectivity index (χ3n) is 8.15. The first-order valence-electron chi connectivity index (χ1n) is 15.4. The number of nitrogens with zero attached hydrogens (tertiary/aromatic N) is 3. The molecular weight excluding hydrogens is 562 g/mol. The molecule has 2 atom stereocenters. The van der Waals surface area contributed by atoms with Crippen LogP contribution in [0.25, 0.3) is 0 Å². The van der Waals surface area contributed by atoms with Gasteiger partial charge >= 0.3 is 0 Å². The van der Waals surface area contributed by atoms with Gasteiger partial charge < -0.3 is 29.9 Å². The van der Waals surface area contributed by atoms with Gasteiger partial charge in [0.05, 0.1) is 24.8 Å². The molecule has 44 heavy (non-hydrogen) atoms. The molecule has 0 unspecified atom stereocenters. The van der Waals surface area contributed by atoms with Gasteiger partial charge in [0.25, 0.3) is 5.91 Å². The Labute approximate surface area is 259 Å². The number of amides is 4. The molecule has 0 radical (unpaired) electrons. The average Bonchev–Trinajstić information content (AvgIpc) is 3.03. The number of rotatable bonds is 7. The predicted molar refractivity (Wildman–Crippen MR) is 166 cm³/mol. The molecule has 0 aliphatic carbocycles. The van der Waals surface area contributed by atoms with Gasteiger partial charge in [0, 0.05) is 52.8 Å². The molecule has 1 fully saturated rings. The maximum Gasteiger partial charge on any atom is 0.255 e. The number of fused-ring (bicyclic) bond motifs is 1. The van der Waals surface area contributed by atoms with Crippen molar-refractivity contribution < 1.29 is 28.7 Å². The highest BCUT2D eigenvalue weighted by atomic mass is 16.5. The van der Waals surface area contributed by atoms with Gasteiger partial charge in [-0.3, -0.25) is 24.1 Å². The average molecular weight is 608 g/mol. The third-order valence-corrected chi connectivity index (χ3v) is 8.15. The molecule has 2 aromatic rings. The zero-order chi connectivity index (χ0) is 31.5. The molecule has 0 saturated carbocycles. The predicted octanol–water partition coefficient (Wildman–Crippen LogP) is 1.92. The minimum Gasteiger partial charge on any atom is -0.491 e. The van der Waals surface area contributed by atoms with E-state index in [1.165, 1.54) is 4.90 Å². The number of ether oxygens (including phenoxy) is 2. The Morgan fingerprint density at radius 1 is 0.977 bits per heavy atom. The Balaban J connectivity index is 1.59. The number of hydrogen-bond acceptors (Lipinski definition) is 7. The summed E-state index contributed by atoms with van der Waals surface area (Å²) < 4.78 is 11.3. The summed E-state index contributed by atoms with van der Waals surface area (Å²) in [5.74, 6) is -0.856. The largest absolute Gasteiger partial charge is 0.491 e. The number of carbonyl (C=O) groups is 4. The van der Waals surface area contributed by atoms with Crippen molar-refractivity contribution in [1.82, 2.24) is 25.3 Å². The van der Waals surface area contributed by atoms with E-state index in [1.807, 2.05) is 44.2 Å². The molecular formula is C33H45N5O6. The third kappa shape index (κ3) is 9.27. The molecule has 11 heteroatoms. The first-order valence-corrected chi connectivity index (χ1v) is 15.4. The van der Waals surface area contributed by atoms with Crippen molar-refractivity contribution in [3.8, 4) is 5.75 Å². The summed E-state index contributed by atoms with van der Waals surface area (Å²) in [5, 5.41) is 5.94. The molecule has 1 saturated heterocycles. The summed E-state index contributed by atoms with van der Waals surface area (Å²) in [6.45, 7) is 8.01. The number of methoxy groups -OCH3 is 1. The van der Waals surface area contributed by atoms with E-state index < -0.39 is 11.9 Å². The second kappa shape index (κ2) is 16.2. The summed E-state index contributed by atoms with van der Waals surface area (Å²) in [6.07, 6.45) is 0.0776. The van der Waals surface area contributed by atoms with Crippen LogP contribution in [0.15, 0.2) is 54.6 Å². The van der Waals surface area contributed by atoms with Crippen molar-refractivity contribution in [1.29, 1.82) is 0 Å². The molecule has 0 bridgehead atoms. The Hall–Kier alpha value is -3.96. The number of para-hydroxylation sites is 1. The van der Waals surface area contributed by atoms with E-state index in [9.17, 15) is 19.2 Å². The van der Waals surface area contributed by atoms with Crippen LogP contribution in [0, 0.1) is 5.92 Å². The molecule has 2 aliphatic rings. The molecule has 0 aromatic heterocycles. The number of hydrogen-bond donors (Lipinski definition) is 2. The van der Waals surface area contributed by atoms with Gasteiger partial charge in [0.15, 0.2) is 0 Å². The van der Waals surface area contributed by atoms with Crippen LogP contribution < -0.4 is 15.4 Å². The van der Waals surface area contributed by atoms with Crippen LogP contribution in [0.4, 0.5) is 0 Å². The molecule has 0 spiro atoms. The summed E-state index contributed by atoms with van der Waals surface area (Å²) in [5.41, 5.74) is 1.17. The highest BCUT2D eigenvalue weighted by molar-refractivity contribution is 5.99. The van der Waals surface area contributed by atoms with Gasteiger partial charge in [0.2, 0.25) is 17.7 Å². The highest BCUT2D eigenvalue weighted by Gasteiger charge is 2.31. The van der Waals surface area contributed by atoms with Gasteiger partial charge in [-0.25, -0.2) is 0 Å². The van der Waals surface area contributed by atoms with Gasteiger partial charge in [-0.15, -0.1) is 0 Å². The molecule has 2 N–H and O–H groups in total. The first kappa shape index (κ1) is 32.9. The van der Waals surface area contributed by atoms with Crippen LogP contribution in [0.3, 0.4) is 0 Å². The maximum atomic E-state index is 13.8. The lowest BCUT2D eigenvalue weighted by molar-refractivity contribution is -0.138. The van der Waals surface area contributed by atoms with Crippen LogP contribution in [0.5, 0.6) is 5.75 Å². The fraction of sp³-hybridized carbons (Fsp3) is 0.515. The number of benzene rings is 2. The van der Waals surface area contributed by atoms with E-state index in [1.54, 1.807) is 36.3 Å². The zero-order valence-corrected chi connectivity index (χ0v) is 26.0. The van der Waals surface area contributed by atoms with Crippen molar-refractivity contribution in [2.75, 3.05) is 59.6 Å². The summed E-state index contributed by atoms with van der Waals surface area (Å²) in [4.78, 5) is 59.8. The number of nitrogens with one attached hydrogen (secondary N) is 2. The lowest BCUT2D eigenvalue weighted by atomic mass is 10.1. The van der Waals surface area contributed by atoms with Crippen molar-refractivity contribution in [3.05, 3.63) is 65.7 Å². The van der Waals surface area contributed by atoms with E-state index >= 15 is 0 Å². The van der Waals surface area contributed by atoms with E-state index in [0.29, 0.717) is 38.5 Å². The number of piperazine rings is 1. The van der Waals surface area contributed by atoms with Crippen molar-refractivity contribution >= 4 is 23.6 Å². The van der Waals surface area contributed by atoms with Crippen LogP contribution in [-0.4, -0.2) is 110 Å². The van der Waals surface area contributed by atoms with Crippen molar-refractivity contribution in [3.63, 3.8) is 0 Å². The van der Waals surface area contributed by atoms with Crippen LogP contribution >= 0.6 is 0 Å². The zero-order valence-electron chi connectivity index (χ0n) is 26.0. The van der Waals surface area contributed by atoms with Crippen molar-refractivity contribution in [2.24, 2.45) is 5.92 Å². The number of carbonyl (C=O) groups excluding carboxylic acids is 4. The Morgan fingerprint density at radius 3 is 2.39 bits per heavy atom. The van der Waals surface area contributed by atoms with Crippen LogP contribution in [0.1, 0.15) is 42.6 Å². The van der Waals surface area contributed by atoms with Gasteiger partial charge in [-0.1, -0.05) is 56.3 Å². The lowest BCUT2D eigenvalue weighted by Gasteiger charge is -2.36. The van der Waals surface area contributed by atoms with Gasteiger partial charge in [-0.05, 0) is 30.0 Å². The van der Waals surface area contributed by atoms with Crippen LogP contribution in [-0.2, 0) is 25.7 Å². The van der Waals surface area contributed by atoms with Crippen LogP contribution in [0.2, 0.25) is 0 Å². The van der Waals surface area contributed by atoms with Crippen molar-refractivity contribution in [2.45, 2.75) is 45.3 Å². The maximum absolute atomic E-state index is 13.8. The van der Waals surface area contributed by atoms with E-state index in [-0.39, 0.29) is 67.8 Å². The van der Waals surface area contributed by atoms with E-state index in [0.717, 1.165) is 12.1 Å². The highest BCUT2D eigenvalue weighted by Crippen LogP contribution is 2.20. The normalized spacial score (nSPS) is 21.0. The summed E-state index contributed by atoms with van der Waals surface area (Å²) in [7, 11) is 1.66. The SMILES string of the molecule is COCCN1CCN(C(=O)[C@@H]2CCC(=O)N(Cc3ccccc3)CC(=O)N[C@@H](C(C)C)COc3ccccc3C(=O)N2)CC1. The minimum atomic E-state index is -0.925. The standard InChI is InChI=1S/C33H45N5O6/c1-24(2)28-23-44-29-12-8-7-11-26(29)32(41)35-27(33(42)37-17-15-36(16-18-37)19-20-43-3)13-14-31(40)38(22-30(39)34-28)21-25-9-5-4-6-10-25/h4-12,24,27-28H,13-23H2,1-3H3,(H,34,39)(H,35,41)/t27-,28+/m0/s1. The Kier molecular flexibility index (Phi) is 12.1. The first-order chi connectivity index (χ1) is 21.2. The van der Waals surface area contributed by atoms with E-state index in [2.05, 4.69) is 15.5 Å². The topological polar surface area (TPSA) is 121 Å². The lowest BCUT2D eigenvalue weighted by Crippen LogP contribution is -2.55. The monoisotopic (exact) mass is 607 g/mol.